The van der Waals surface area contributed by atoms with Gasteiger partial charge in [0.1, 0.15) is 12.4 Å². The lowest BCUT2D eigenvalue weighted by Gasteiger charge is -2.18. The van der Waals surface area contributed by atoms with E-state index in [-0.39, 0.29) is 17.8 Å². The third-order valence-electron chi connectivity index (χ3n) is 4.53. The normalized spacial score (nSPS) is 16.3. The van der Waals surface area contributed by atoms with Crippen LogP contribution in [0.4, 0.5) is 10.1 Å². The number of amides is 1. The molecule has 27 heavy (non-hydrogen) atoms. The standard InChI is InChI=1S/C20H19FN4O2/c1-13-2-5-15(6-3-13)17-8-9-20(27)25(24-17)12-19(26)23-18-7-4-14(11-22)10-16(18)21/h4-5,7-10,13H,2-3,6,12H2,1H3,(H,23,26). The first-order chi connectivity index (χ1) is 13.0. The van der Waals surface area contributed by atoms with Gasteiger partial charge in [-0.25, -0.2) is 9.07 Å². The summed E-state index contributed by atoms with van der Waals surface area (Å²) in [6, 6.07) is 8.63. The van der Waals surface area contributed by atoms with Crippen molar-refractivity contribution in [3.63, 3.8) is 0 Å². The lowest BCUT2D eigenvalue weighted by atomic mass is 9.90. The second-order valence-corrected chi connectivity index (χ2v) is 6.68. The van der Waals surface area contributed by atoms with Gasteiger partial charge in [-0.1, -0.05) is 13.0 Å². The first kappa shape index (κ1) is 18.5. The molecule has 1 amide bonds. The molecule has 0 saturated heterocycles. The Balaban J connectivity index is 1.75. The monoisotopic (exact) mass is 366 g/mol. The minimum Gasteiger partial charge on any atom is -0.322 e. The first-order valence-electron chi connectivity index (χ1n) is 8.73. The van der Waals surface area contributed by atoms with Crippen LogP contribution in [-0.4, -0.2) is 15.7 Å². The summed E-state index contributed by atoms with van der Waals surface area (Å²) in [7, 11) is 0. The molecule has 138 valence electrons. The maximum Gasteiger partial charge on any atom is 0.267 e. The van der Waals surface area contributed by atoms with E-state index in [0.29, 0.717) is 11.6 Å². The summed E-state index contributed by atoms with van der Waals surface area (Å²) in [5.74, 6) is -0.651. The van der Waals surface area contributed by atoms with Crippen molar-refractivity contribution in [3.8, 4) is 6.07 Å². The summed E-state index contributed by atoms with van der Waals surface area (Å²) in [5.41, 5.74) is 1.46. The molecule has 0 radical (unpaired) electrons. The molecule has 3 rings (SSSR count). The van der Waals surface area contributed by atoms with Crippen molar-refractivity contribution < 1.29 is 9.18 Å². The van der Waals surface area contributed by atoms with Crippen molar-refractivity contribution in [1.82, 2.24) is 9.78 Å². The molecular weight excluding hydrogens is 347 g/mol. The lowest BCUT2D eigenvalue weighted by Crippen LogP contribution is -2.30. The fraction of sp³-hybridized carbons (Fsp3) is 0.300. The van der Waals surface area contributed by atoms with E-state index in [1.54, 1.807) is 6.07 Å². The van der Waals surface area contributed by atoms with E-state index in [1.807, 2.05) is 6.07 Å². The molecule has 0 fully saturated rings. The van der Waals surface area contributed by atoms with E-state index in [2.05, 4.69) is 23.4 Å². The van der Waals surface area contributed by atoms with Crippen LogP contribution in [0.5, 0.6) is 0 Å². The van der Waals surface area contributed by atoms with Crippen LogP contribution in [0.1, 0.15) is 37.4 Å². The van der Waals surface area contributed by atoms with Gasteiger partial charge in [0.15, 0.2) is 0 Å². The number of carbonyl (C=O) groups is 1. The number of halogens is 1. The number of allylic oxidation sites excluding steroid dienone is 2. The number of anilines is 1. The Bertz CT molecular complexity index is 1000. The maximum atomic E-state index is 13.9. The summed E-state index contributed by atoms with van der Waals surface area (Å²) >= 11 is 0. The minimum absolute atomic E-state index is 0.0489. The number of carbonyl (C=O) groups excluding carboxylic acids is 1. The number of rotatable bonds is 4. The average molecular weight is 366 g/mol. The molecule has 6 nitrogen and oxygen atoms in total. The number of aromatic nitrogens is 2. The summed E-state index contributed by atoms with van der Waals surface area (Å²) in [4.78, 5) is 24.2. The molecular formula is C20H19FN4O2. The van der Waals surface area contributed by atoms with Crippen LogP contribution in [0.15, 0.2) is 41.2 Å². The van der Waals surface area contributed by atoms with E-state index < -0.39 is 17.3 Å². The number of hydrogen-bond acceptors (Lipinski definition) is 4. The molecule has 0 aliphatic heterocycles. The van der Waals surface area contributed by atoms with Gasteiger partial charge in [0.05, 0.1) is 23.0 Å². The molecule has 0 saturated carbocycles. The van der Waals surface area contributed by atoms with E-state index in [4.69, 9.17) is 5.26 Å². The van der Waals surface area contributed by atoms with Crippen LogP contribution in [-0.2, 0) is 11.3 Å². The van der Waals surface area contributed by atoms with Crippen molar-refractivity contribution >= 4 is 17.2 Å². The van der Waals surface area contributed by atoms with E-state index in [0.717, 1.165) is 35.6 Å². The molecule has 0 bridgehead atoms. The Morgan fingerprint density at radius 1 is 1.41 bits per heavy atom. The number of nitrogens with zero attached hydrogens (tertiary/aromatic N) is 3. The van der Waals surface area contributed by atoms with Gasteiger partial charge in [0.2, 0.25) is 5.91 Å². The summed E-state index contributed by atoms with van der Waals surface area (Å²) in [6.45, 7) is 1.87. The molecule has 1 aromatic heterocycles. The topological polar surface area (TPSA) is 87.8 Å². The third kappa shape index (κ3) is 4.47. The third-order valence-corrected chi connectivity index (χ3v) is 4.53. The fourth-order valence-electron chi connectivity index (χ4n) is 2.94. The van der Waals surface area contributed by atoms with Gasteiger partial charge in [0, 0.05) is 6.07 Å². The summed E-state index contributed by atoms with van der Waals surface area (Å²) in [5, 5.41) is 15.4. The molecule has 7 heteroatoms. The van der Waals surface area contributed by atoms with E-state index >= 15 is 0 Å². The second-order valence-electron chi connectivity index (χ2n) is 6.68. The zero-order valence-electron chi connectivity index (χ0n) is 14.9. The van der Waals surface area contributed by atoms with Gasteiger partial charge < -0.3 is 5.32 Å². The highest BCUT2D eigenvalue weighted by atomic mass is 19.1. The molecule has 1 aliphatic rings. The SMILES string of the molecule is CC1CC=C(c2ccc(=O)n(CC(=O)Nc3ccc(C#N)cc3F)n2)CC1. The van der Waals surface area contributed by atoms with Crippen LogP contribution in [0.2, 0.25) is 0 Å². The minimum atomic E-state index is -0.710. The number of hydrogen-bond donors (Lipinski definition) is 1. The maximum absolute atomic E-state index is 13.9. The van der Waals surface area contributed by atoms with Gasteiger partial charge in [-0.05, 0) is 55.0 Å². The van der Waals surface area contributed by atoms with Gasteiger partial charge in [-0.2, -0.15) is 10.4 Å². The van der Waals surface area contributed by atoms with Crippen molar-refractivity contribution in [2.75, 3.05) is 5.32 Å². The smallest absolute Gasteiger partial charge is 0.267 e. The van der Waals surface area contributed by atoms with E-state index in [9.17, 15) is 14.0 Å². The Labute approximate surface area is 155 Å². The number of nitrogens with one attached hydrogen (secondary N) is 1. The van der Waals surface area contributed by atoms with Gasteiger partial charge in [0.25, 0.3) is 5.56 Å². The number of benzene rings is 1. The largest absolute Gasteiger partial charge is 0.322 e. The highest BCUT2D eigenvalue weighted by molar-refractivity contribution is 5.90. The first-order valence-corrected chi connectivity index (χ1v) is 8.73. The molecule has 1 unspecified atom stereocenters. The Morgan fingerprint density at radius 3 is 2.89 bits per heavy atom. The van der Waals surface area contributed by atoms with Crippen molar-refractivity contribution in [1.29, 1.82) is 5.26 Å². The quantitative estimate of drug-likeness (QED) is 0.901. The van der Waals surface area contributed by atoms with Crippen LogP contribution < -0.4 is 10.9 Å². The van der Waals surface area contributed by atoms with Crippen molar-refractivity contribution in [2.24, 2.45) is 5.92 Å². The van der Waals surface area contributed by atoms with Crippen LogP contribution >= 0.6 is 0 Å². The van der Waals surface area contributed by atoms with Crippen LogP contribution in [0, 0.1) is 23.1 Å². The Morgan fingerprint density at radius 2 is 2.22 bits per heavy atom. The van der Waals surface area contributed by atoms with Gasteiger partial charge >= 0.3 is 0 Å². The van der Waals surface area contributed by atoms with Gasteiger partial charge in [-0.15, -0.1) is 0 Å². The van der Waals surface area contributed by atoms with Crippen LogP contribution in [0.3, 0.4) is 0 Å². The highest BCUT2D eigenvalue weighted by Crippen LogP contribution is 2.28. The molecule has 2 aromatic rings. The molecule has 1 aliphatic carbocycles. The van der Waals surface area contributed by atoms with Crippen LogP contribution in [0.25, 0.3) is 5.57 Å². The second kappa shape index (κ2) is 7.96. The van der Waals surface area contributed by atoms with Crippen molar-refractivity contribution in [2.45, 2.75) is 32.7 Å². The molecule has 1 heterocycles. The highest BCUT2D eigenvalue weighted by Gasteiger charge is 2.15. The average Bonchev–Trinajstić information content (AvgIpc) is 2.66. The molecule has 1 N–H and O–H groups in total. The predicted octanol–water partition coefficient (Wildman–Crippen LogP) is 3.10. The molecule has 1 aromatic carbocycles. The zero-order chi connectivity index (χ0) is 19.4. The fourth-order valence-corrected chi connectivity index (χ4v) is 2.94. The Kier molecular flexibility index (Phi) is 5.46. The number of nitriles is 1. The Hall–Kier alpha value is -3.27. The molecule has 1 atom stereocenters. The summed E-state index contributed by atoms with van der Waals surface area (Å²) < 4.78 is 15.0. The predicted molar refractivity (Wildman–Crippen MR) is 99.2 cm³/mol. The van der Waals surface area contributed by atoms with E-state index in [1.165, 1.54) is 18.2 Å². The molecule has 0 spiro atoms. The van der Waals surface area contributed by atoms with Gasteiger partial charge in [-0.3, -0.25) is 9.59 Å². The lowest BCUT2D eigenvalue weighted by molar-refractivity contribution is -0.117. The van der Waals surface area contributed by atoms with Crippen molar-refractivity contribution in [3.05, 3.63) is 63.8 Å². The summed E-state index contributed by atoms with van der Waals surface area (Å²) in [6.07, 6.45) is 5.03. The zero-order valence-corrected chi connectivity index (χ0v) is 14.9.